The number of halogens is 2. The molecule has 0 bridgehead atoms. The van der Waals surface area contributed by atoms with E-state index in [2.05, 4.69) is 9.71 Å². The van der Waals surface area contributed by atoms with Crippen LogP contribution >= 0.6 is 23.2 Å². The van der Waals surface area contributed by atoms with E-state index in [1.165, 1.54) is 12.1 Å². The Labute approximate surface area is 174 Å². The molecule has 0 radical (unpaired) electrons. The summed E-state index contributed by atoms with van der Waals surface area (Å²) in [5.41, 5.74) is 1.18. The normalized spacial score (nSPS) is 15.2. The zero-order valence-electron chi connectivity index (χ0n) is 15.5. The number of fused-ring (bicyclic) bond motifs is 1. The van der Waals surface area contributed by atoms with Crippen LogP contribution in [-0.2, 0) is 10.0 Å². The van der Waals surface area contributed by atoms with E-state index in [1.807, 2.05) is 18.7 Å². The highest BCUT2D eigenvalue weighted by atomic mass is 35.5. The summed E-state index contributed by atoms with van der Waals surface area (Å²) in [7, 11) is -3.87. The number of rotatable bonds is 4. The SMILES string of the molecule is CC1=NS(=O)(=O)c2cc(C(=O)Nc3ccc(Cl)c(Cl)c3)ccc2N1CC(C)C. The average molecular weight is 440 g/mol. The molecular formula is C19H19Cl2N3O3S. The molecule has 0 aromatic heterocycles. The van der Waals surface area contributed by atoms with Gasteiger partial charge in [0.1, 0.15) is 10.7 Å². The molecule has 28 heavy (non-hydrogen) atoms. The maximum Gasteiger partial charge on any atom is 0.286 e. The van der Waals surface area contributed by atoms with Crippen LogP contribution in [0.25, 0.3) is 0 Å². The van der Waals surface area contributed by atoms with Crippen LogP contribution in [0, 0.1) is 5.92 Å². The van der Waals surface area contributed by atoms with Crippen molar-refractivity contribution in [1.29, 1.82) is 0 Å². The van der Waals surface area contributed by atoms with Crippen LogP contribution in [0.2, 0.25) is 10.0 Å². The highest BCUT2D eigenvalue weighted by Gasteiger charge is 2.30. The van der Waals surface area contributed by atoms with Gasteiger partial charge in [0.25, 0.3) is 15.9 Å². The number of amides is 1. The lowest BCUT2D eigenvalue weighted by Gasteiger charge is -2.30. The predicted octanol–water partition coefficient (Wildman–Crippen LogP) is 4.83. The number of hydrogen-bond donors (Lipinski definition) is 1. The quantitative estimate of drug-likeness (QED) is 0.739. The van der Waals surface area contributed by atoms with Gasteiger partial charge in [0.2, 0.25) is 0 Å². The van der Waals surface area contributed by atoms with Crippen LogP contribution < -0.4 is 10.2 Å². The molecule has 1 N–H and O–H groups in total. The lowest BCUT2D eigenvalue weighted by molar-refractivity contribution is 0.102. The fourth-order valence-electron chi connectivity index (χ4n) is 2.90. The molecule has 0 unspecified atom stereocenters. The Morgan fingerprint density at radius 3 is 2.50 bits per heavy atom. The van der Waals surface area contributed by atoms with Crippen molar-refractivity contribution in [3.63, 3.8) is 0 Å². The summed E-state index contributed by atoms with van der Waals surface area (Å²) in [6.07, 6.45) is 0. The van der Waals surface area contributed by atoms with Gasteiger partial charge in [-0.2, -0.15) is 8.42 Å². The summed E-state index contributed by atoms with van der Waals surface area (Å²) >= 11 is 11.8. The van der Waals surface area contributed by atoms with Gasteiger partial charge in [-0.05, 0) is 49.2 Å². The van der Waals surface area contributed by atoms with Crippen molar-refractivity contribution >= 4 is 56.3 Å². The second-order valence-corrected chi connectivity index (χ2v) is 9.27. The minimum Gasteiger partial charge on any atom is -0.328 e. The second-order valence-electron chi connectivity index (χ2n) is 6.88. The molecule has 0 atom stereocenters. The number of amidine groups is 1. The standard InChI is InChI=1S/C19H19Cl2N3O3S/c1-11(2)10-24-12(3)23-28(26,27)18-8-13(4-7-17(18)24)19(25)22-14-5-6-15(20)16(21)9-14/h4-9,11H,10H2,1-3H3,(H,22,25). The van der Waals surface area contributed by atoms with Gasteiger partial charge in [-0.1, -0.05) is 37.0 Å². The zero-order valence-corrected chi connectivity index (χ0v) is 17.9. The van der Waals surface area contributed by atoms with Gasteiger partial charge in [-0.15, -0.1) is 4.40 Å². The molecule has 0 fully saturated rings. The molecule has 2 aromatic carbocycles. The lowest BCUT2D eigenvalue weighted by Crippen LogP contribution is -2.36. The average Bonchev–Trinajstić information content (AvgIpc) is 2.61. The third kappa shape index (κ3) is 4.16. The maximum atomic E-state index is 12.6. The van der Waals surface area contributed by atoms with Gasteiger partial charge in [-0.3, -0.25) is 4.79 Å². The van der Waals surface area contributed by atoms with E-state index in [9.17, 15) is 13.2 Å². The van der Waals surface area contributed by atoms with E-state index in [0.29, 0.717) is 39.7 Å². The molecule has 0 spiro atoms. The first-order valence-electron chi connectivity index (χ1n) is 8.58. The molecule has 1 aliphatic heterocycles. The predicted molar refractivity (Wildman–Crippen MR) is 113 cm³/mol. The van der Waals surface area contributed by atoms with Crippen LogP contribution in [0.4, 0.5) is 11.4 Å². The number of sulfonamides is 1. The van der Waals surface area contributed by atoms with Crippen molar-refractivity contribution in [3.05, 3.63) is 52.0 Å². The van der Waals surface area contributed by atoms with Crippen LogP contribution in [0.5, 0.6) is 0 Å². The fraction of sp³-hybridized carbons (Fsp3) is 0.263. The first-order valence-corrected chi connectivity index (χ1v) is 10.8. The van der Waals surface area contributed by atoms with Gasteiger partial charge in [0.05, 0.1) is 15.7 Å². The molecule has 1 aliphatic rings. The maximum absolute atomic E-state index is 12.6. The summed E-state index contributed by atoms with van der Waals surface area (Å²) < 4.78 is 29.0. The van der Waals surface area contributed by atoms with E-state index in [1.54, 1.807) is 31.2 Å². The molecule has 0 saturated heterocycles. The van der Waals surface area contributed by atoms with Crippen LogP contribution in [0.15, 0.2) is 45.7 Å². The Kier molecular flexibility index (Phi) is 5.70. The third-order valence-corrected chi connectivity index (χ3v) is 6.29. The van der Waals surface area contributed by atoms with Crippen LogP contribution in [0.3, 0.4) is 0 Å². The molecule has 1 amide bonds. The Morgan fingerprint density at radius 1 is 1.14 bits per heavy atom. The first-order chi connectivity index (χ1) is 13.1. The Hall–Kier alpha value is -2.09. The van der Waals surface area contributed by atoms with Gasteiger partial charge in [0.15, 0.2) is 0 Å². The van der Waals surface area contributed by atoms with Crippen molar-refractivity contribution in [1.82, 2.24) is 0 Å². The van der Waals surface area contributed by atoms with Gasteiger partial charge in [-0.25, -0.2) is 0 Å². The topological polar surface area (TPSA) is 78.8 Å². The van der Waals surface area contributed by atoms with E-state index in [0.717, 1.165) is 0 Å². The first kappa shape index (κ1) is 20.6. The lowest BCUT2D eigenvalue weighted by atomic mass is 10.1. The molecule has 6 nitrogen and oxygen atoms in total. The summed E-state index contributed by atoms with van der Waals surface area (Å²) in [6.45, 7) is 6.35. The minimum atomic E-state index is -3.87. The molecule has 148 valence electrons. The third-order valence-electron chi connectivity index (χ3n) is 4.16. The van der Waals surface area contributed by atoms with Crippen molar-refractivity contribution in [2.24, 2.45) is 10.3 Å². The molecule has 3 rings (SSSR count). The monoisotopic (exact) mass is 439 g/mol. The minimum absolute atomic E-state index is 0.0144. The molecule has 2 aromatic rings. The van der Waals surface area contributed by atoms with Crippen LogP contribution in [0.1, 0.15) is 31.1 Å². The summed E-state index contributed by atoms with van der Waals surface area (Å²) in [4.78, 5) is 14.5. The molecule has 1 heterocycles. The number of hydrogen-bond acceptors (Lipinski definition) is 4. The molecular weight excluding hydrogens is 421 g/mol. The number of carbonyl (C=O) groups is 1. The van der Waals surface area contributed by atoms with E-state index in [4.69, 9.17) is 23.2 Å². The number of anilines is 2. The highest BCUT2D eigenvalue weighted by molar-refractivity contribution is 7.90. The Bertz CT molecular complexity index is 1080. The summed E-state index contributed by atoms with van der Waals surface area (Å²) in [6, 6.07) is 9.28. The van der Waals surface area contributed by atoms with E-state index < -0.39 is 15.9 Å². The Balaban J connectivity index is 1.96. The van der Waals surface area contributed by atoms with Crippen molar-refractivity contribution in [2.75, 3.05) is 16.8 Å². The molecule has 0 saturated carbocycles. The Morgan fingerprint density at radius 2 is 1.86 bits per heavy atom. The van der Waals surface area contributed by atoms with Crippen molar-refractivity contribution in [2.45, 2.75) is 25.7 Å². The highest BCUT2D eigenvalue weighted by Crippen LogP contribution is 2.33. The number of nitrogens with one attached hydrogen (secondary N) is 1. The van der Waals surface area contributed by atoms with Crippen LogP contribution in [-0.4, -0.2) is 26.7 Å². The number of carbonyl (C=O) groups excluding carboxylic acids is 1. The van der Waals surface area contributed by atoms with E-state index in [-0.39, 0.29) is 10.5 Å². The summed E-state index contributed by atoms with van der Waals surface area (Å²) in [5, 5.41) is 3.37. The van der Waals surface area contributed by atoms with E-state index >= 15 is 0 Å². The van der Waals surface area contributed by atoms with Gasteiger partial charge >= 0.3 is 0 Å². The van der Waals surface area contributed by atoms with Crippen molar-refractivity contribution in [3.8, 4) is 0 Å². The number of nitrogens with zero attached hydrogens (tertiary/aromatic N) is 2. The fourth-order valence-corrected chi connectivity index (χ4v) is 4.47. The zero-order chi connectivity index (χ0) is 20.6. The smallest absolute Gasteiger partial charge is 0.286 e. The van der Waals surface area contributed by atoms with Gasteiger partial charge < -0.3 is 10.2 Å². The molecule has 9 heteroatoms. The molecule has 0 aliphatic carbocycles. The second kappa shape index (κ2) is 7.73. The largest absolute Gasteiger partial charge is 0.328 e. The number of benzene rings is 2. The summed E-state index contributed by atoms with van der Waals surface area (Å²) in [5.74, 6) is 0.253. The van der Waals surface area contributed by atoms with Gasteiger partial charge in [0, 0.05) is 17.8 Å². The van der Waals surface area contributed by atoms with Crippen molar-refractivity contribution < 1.29 is 13.2 Å².